The van der Waals surface area contributed by atoms with Crippen LogP contribution in [0.3, 0.4) is 0 Å². The van der Waals surface area contributed by atoms with Gasteiger partial charge in [0, 0.05) is 31.2 Å². The van der Waals surface area contributed by atoms with Crippen molar-refractivity contribution >= 4 is 33.8 Å². The minimum Gasteiger partial charge on any atom is -0.371 e. The van der Waals surface area contributed by atoms with Crippen LogP contribution in [0.15, 0.2) is 30.6 Å². The number of aromatic amines is 1. The van der Waals surface area contributed by atoms with Crippen LogP contribution in [0.5, 0.6) is 0 Å². The first kappa shape index (κ1) is 20.4. The van der Waals surface area contributed by atoms with E-state index in [-0.39, 0.29) is 18.1 Å². The average Bonchev–Trinajstić information content (AvgIpc) is 3.15. The number of anilines is 2. The number of hydrogen-bond acceptors (Lipinski definition) is 4. The van der Waals surface area contributed by atoms with Gasteiger partial charge in [0.25, 0.3) is 0 Å². The summed E-state index contributed by atoms with van der Waals surface area (Å²) in [7, 11) is 1.86. The molecule has 7 nitrogen and oxygen atoms in total. The number of hydrogen-bond donors (Lipinski definition) is 2. The first-order valence-corrected chi connectivity index (χ1v) is 10.8. The van der Waals surface area contributed by atoms with Gasteiger partial charge in [-0.3, -0.25) is 9.89 Å². The van der Waals surface area contributed by atoms with Crippen LogP contribution in [0, 0.1) is 11.7 Å². The largest absolute Gasteiger partial charge is 0.371 e. The van der Waals surface area contributed by atoms with Gasteiger partial charge in [0.1, 0.15) is 6.17 Å². The van der Waals surface area contributed by atoms with Crippen molar-refractivity contribution in [2.75, 3.05) is 23.8 Å². The van der Waals surface area contributed by atoms with Crippen LogP contribution in [0.25, 0.3) is 27.5 Å². The molecule has 2 N–H and O–H groups in total. The molecule has 4 aromatic rings. The van der Waals surface area contributed by atoms with E-state index in [2.05, 4.69) is 20.6 Å². The highest BCUT2D eigenvalue weighted by molar-refractivity contribution is 6.03. The van der Waals surface area contributed by atoms with E-state index < -0.39 is 12.1 Å². The molecule has 0 spiro atoms. The number of amides is 1. The molecule has 3 heterocycles. The first-order chi connectivity index (χ1) is 15.4. The maximum Gasteiger partial charge on any atom is 0.231 e. The number of fused-ring (bicyclic) bond motifs is 2. The molecule has 2 atom stereocenters. The number of nitrogens with one attached hydrogen (secondary N) is 2. The Morgan fingerprint density at radius 3 is 2.84 bits per heavy atom. The zero-order valence-corrected chi connectivity index (χ0v) is 18.1. The third kappa shape index (κ3) is 3.19. The van der Waals surface area contributed by atoms with E-state index in [1.807, 2.05) is 37.9 Å². The molecule has 1 aliphatic rings. The van der Waals surface area contributed by atoms with Gasteiger partial charge in [0.15, 0.2) is 11.6 Å². The summed E-state index contributed by atoms with van der Waals surface area (Å²) in [5.41, 5.74) is 4.14. The van der Waals surface area contributed by atoms with E-state index in [1.165, 1.54) is 0 Å². The molecule has 1 amide bonds. The third-order valence-electron chi connectivity index (χ3n) is 6.18. The lowest BCUT2D eigenvalue weighted by molar-refractivity contribution is -0.117. The average molecular weight is 438 g/mol. The molecular formula is C23H24F2N6O. The molecule has 166 valence electrons. The van der Waals surface area contributed by atoms with Crippen molar-refractivity contribution in [1.82, 2.24) is 19.8 Å². The fraction of sp³-hybridized carbons (Fsp3) is 0.348. The fourth-order valence-corrected chi connectivity index (χ4v) is 4.22. The number of H-pyrrole nitrogens is 1. The summed E-state index contributed by atoms with van der Waals surface area (Å²) >= 11 is 0. The Balaban J connectivity index is 1.61. The number of rotatable bonds is 6. The Hall–Kier alpha value is -3.49. The summed E-state index contributed by atoms with van der Waals surface area (Å²) in [6.45, 7) is 4.57. The molecule has 0 radical (unpaired) electrons. The van der Waals surface area contributed by atoms with Crippen molar-refractivity contribution in [3.8, 4) is 11.1 Å². The van der Waals surface area contributed by atoms with Crippen LogP contribution in [-0.4, -0.2) is 45.5 Å². The number of carbonyl (C=O) groups excluding carboxylic acids is 1. The Kier molecular flexibility index (Phi) is 4.83. The number of halogens is 2. The summed E-state index contributed by atoms with van der Waals surface area (Å²) in [5.74, 6) is -0.830. The van der Waals surface area contributed by atoms with Gasteiger partial charge in [0.2, 0.25) is 5.91 Å². The Morgan fingerprint density at radius 2 is 2.16 bits per heavy atom. The first-order valence-electron chi connectivity index (χ1n) is 10.8. The van der Waals surface area contributed by atoms with E-state index in [4.69, 9.17) is 0 Å². The fourth-order valence-electron chi connectivity index (χ4n) is 4.22. The van der Waals surface area contributed by atoms with Crippen LogP contribution in [0.4, 0.5) is 20.3 Å². The Bertz CT molecular complexity index is 1340. The number of carbonyl (C=O) groups is 1. The quantitative estimate of drug-likeness (QED) is 0.470. The van der Waals surface area contributed by atoms with Crippen molar-refractivity contribution in [2.24, 2.45) is 5.92 Å². The van der Waals surface area contributed by atoms with Gasteiger partial charge in [0.05, 0.1) is 28.8 Å². The van der Waals surface area contributed by atoms with Gasteiger partial charge in [-0.2, -0.15) is 10.2 Å². The van der Waals surface area contributed by atoms with Gasteiger partial charge in [-0.15, -0.1) is 0 Å². The lowest BCUT2D eigenvalue weighted by Gasteiger charge is -2.22. The second-order valence-corrected chi connectivity index (χ2v) is 8.20. The molecule has 0 saturated heterocycles. The smallest absolute Gasteiger partial charge is 0.231 e. The third-order valence-corrected chi connectivity index (χ3v) is 6.18. The molecule has 9 heteroatoms. The Morgan fingerprint density at radius 1 is 1.38 bits per heavy atom. The molecule has 3 aromatic heterocycles. The predicted octanol–water partition coefficient (Wildman–Crippen LogP) is 4.33. The molecule has 32 heavy (non-hydrogen) atoms. The number of nitrogens with zero attached hydrogens (tertiary/aromatic N) is 4. The van der Waals surface area contributed by atoms with Crippen LogP contribution in [0.1, 0.15) is 25.8 Å². The molecule has 0 bridgehead atoms. The molecule has 1 saturated carbocycles. The van der Waals surface area contributed by atoms with E-state index in [1.54, 1.807) is 23.0 Å². The van der Waals surface area contributed by atoms with Gasteiger partial charge in [-0.25, -0.2) is 13.3 Å². The summed E-state index contributed by atoms with van der Waals surface area (Å²) in [6.07, 6.45) is 3.22. The molecular weight excluding hydrogens is 414 g/mol. The lowest BCUT2D eigenvalue weighted by Crippen LogP contribution is -2.19. The minimum absolute atomic E-state index is 0.254. The SMILES string of the molecule is CCc1c(F)c(N(C)CC)c2[nH]ncc2c1-c1ccn2nc(NC(=O)[C@@H]3C[C@@H]3F)cc2c1. The highest BCUT2D eigenvalue weighted by Gasteiger charge is 2.43. The molecule has 5 rings (SSSR count). The van der Waals surface area contributed by atoms with Crippen LogP contribution in [-0.2, 0) is 11.2 Å². The van der Waals surface area contributed by atoms with E-state index >= 15 is 4.39 Å². The summed E-state index contributed by atoms with van der Waals surface area (Å²) in [4.78, 5) is 13.9. The molecule has 1 fully saturated rings. The van der Waals surface area contributed by atoms with Gasteiger partial charge < -0.3 is 10.2 Å². The Labute approximate surface area is 183 Å². The van der Waals surface area contributed by atoms with E-state index in [9.17, 15) is 9.18 Å². The maximum absolute atomic E-state index is 15.7. The molecule has 0 aliphatic heterocycles. The minimum atomic E-state index is -1.06. The molecule has 1 aromatic carbocycles. The highest BCUT2D eigenvalue weighted by Crippen LogP contribution is 2.40. The zero-order chi connectivity index (χ0) is 22.6. The normalized spacial score (nSPS) is 17.8. The molecule has 0 unspecified atom stereocenters. The van der Waals surface area contributed by atoms with Crippen LogP contribution in [0.2, 0.25) is 0 Å². The van der Waals surface area contributed by atoms with Gasteiger partial charge >= 0.3 is 0 Å². The van der Waals surface area contributed by atoms with E-state index in [0.717, 1.165) is 22.0 Å². The second kappa shape index (κ2) is 7.58. The van der Waals surface area contributed by atoms with Crippen molar-refractivity contribution in [3.05, 3.63) is 42.0 Å². The van der Waals surface area contributed by atoms with Gasteiger partial charge in [-0.05, 0) is 48.6 Å². The topological polar surface area (TPSA) is 78.3 Å². The monoisotopic (exact) mass is 438 g/mol. The van der Waals surface area contributed by atoms with Crippen molar-refractivity contribution in [2.45, 2.75) is 32.9 Å². The van der Waals surface area contributed by atoms with E-state index in [0.29, 0.717) is 35.6 Å². The number of aromatic nitrogens is 4. The predicted molar refractivity (Wildman–Crippen MR) is 120 cm³/mol. The molecule has 1 aliphatic carbocycles. The number of alkyl halides is 1. The summed E-state index contributed by atoms with van der Waals surface area (Å²) in [5, 5.41) is 15.0. The summed E-state index contributed by atoms with van der Waals surface area (Å²) < 4.78 is 30.4. The van der Waals surface area contributed by atoms with Crippen LogP contribution >= 0.6 is 0 Å². The number of pyridine rings is 1. The standard InChI is InChI=1S/C23H24F2N6O/c1-4-14-19(16-11-26-28-21(16)22(20(14)25)30(3)5-2)12-6-7-31-13(8-12)9-18(29-31)27-23(32)15-10-17(15)24/h6-9,11,15,17H,4-5,10H2,1-3H3,(H,26,28)(H,27,29,32)/t15-,17+/m1/s1. The lowest BCUT2D eigenvalue weighted by atomic mass is 9.93. The van der Waals surface area contributed by atoms with Crippen molar-refractivity contribution in [1.29, 1.82) is 0 Å². The van der Waals surface area contributed by atoms with Gasteiger partial charge in [-0.1, -0.05) is 6.92 Å². The second-order valence-electron chi connectivity index (χ2n) is 8.20. The van der Waals surface area contributed by atoms with Crippen molar-refractivity contribution < 1.29 is 13.6 Å². The number of benzene rings is 1. The zero-order valence-electron chi connectivity index (χ0n) is 18.1. The summed E-state index contributed by atoms with van der Waals surface area (Å²) in [6, 6.07) is 5.50. The van der Waals surface area contributed by atoms with Crippen molar-refractivity contribution in [3.63, 3.8) is 0 Å². The van der Waals surface area contributed by atoms with Crippen LogP contribution < -0.4 is 10.2 Å². The highest BCUT2D eigenvalue weighted by atomic mass is 19.1. The maximum atomic E-state index is 15.7.